The van der Waals surface area contributed by atoms with Crippen LogP contribution >= 0.6 is 0 Å². The highest BCUT2D eigenvalue weighted by Gasteiger charge is 2.32. The molecule has 3 N–H and O–H groups in total. The first kappa shape index (κ1) is 14.9. The van der Waals surface area contributed by atoms with Crippen molar-refractivity contribution >= 4 is 6.03 Å². The lowest BCUT2D eigenvalue weighted by Gasteiger charge is -2.21. The largest absolute Gasteiger partial charge is 0.394 e. The maximum Gasteiger partial charge on any atom is 0.315 e. The molecule has 0 heterocycles. The zero-order chi connectivity index (χ0) is 14.4. The Hall–Kier alpha value is -1.55. The number of hydrogen-bond donors (Lipinski definition) is 3. The molecular formula is C16H24N2O2. The van der Waals surface area contributed by atoms with Crippen LogP contribution in [0.1, 0.15) is 31.7 Å². The first-order valence-corrected chi connectivity index (χ1v) is 7.44. The first-order valence-electron chi connectivity index (χ1n) is 7.44. The van der Waals surface area contributed by atoms with E-state index < -0.39 is 0 Å². The summed E-state index contributed by atoms with van der Waals surface area (Å²) in [6, 6.07) is 10.1. The van der Waals surface area contributed by atoms with Crippen molar-refractivity contribution < 1.29 is 9.90 Å². The van der Waals surface area contributed by atoms with Crippen LogP contribution in [0, 0.1) is 5.92 Å². The van der Waals surface area contributed by atoms with Crippen molar-refractivity contribution in [3.05, 3.63) is 35.9 Å². The van der Waals surface area contributed by atoms with Crippen molar-refractivity contribution in [1.82, 2.24) is 10.6 Å². The van der Waals surface area contributed by atoms with Gasteiger partial charge in [-0.25, -0.2) is 4.79 Å². The Bertz CT molecular complexity index is 414. The summed E-state index contributed by atoms with van der Waals surface area (Å²) in [5, 5.41) is 15.0. The minimum atomic E-state index is -0.168. The fraction of sp³-hybridized carbons (Fsp3) is 0.562. The summed E-state index contributed by atoms with van der Waals surface area (Å²) in [4.78, 5) is 12.0. The Morgan fingerprint density at radius 1 is 1.30 bits per heavy atom. The zero-order valence-corrected chi connectivity index (χ0v) is 12.0. The van der Waals surface area contributed by atoms with Gasteiger partial charge in [-0.15, -0.1) is 0 Å². The number of aliphatic hydroxyl groups is 1. The molecular weight excluding hydrogens is 252 g/mol. The molecule has 1 aromatic carbocycles. The number of carbonyl (C=O) groups excluding carboxylic acids is 1. The Balaban J connectivity index is 1.88. The molecule has 0 aliphatic heterocycles. The maximum atomic E-state index is 12.0. The van der Waals surface area contributed by atoms with Gasteiger partial charge in [-0.1, -0.05) is 37.3 Å². The van der Waals surface area contributed by atoms with Crippen LogP contribution in [0.4, 0.5) is 4.79 Å². The van der Waals surface area contributed by atoms with Gasteiger partial charge in [-0.2, -0.15) is 0 Å². The normalized spacial score (nSPS) is 17.3. The molecule has 2 atom stereocenters. The summed E-state index contributed by atoms with van der Waals surface area (Å²) >= 11 is 0. The van der Waals surface area contributed by atoms with E-state index in [1.165, 1.54) is 18.4 Å². The SMILES string of the molecule is CCC(CO)NC(=O)NC(Cc1ccccc1)C1CC1. The summed E-state index contributed by atoms with van der Waals surface area (Å²) < 4.78 is 0. The molecule has 1 aliphatic rings. The van der Waals surface area contributed by atoms with E-state index in [2.05, 4.69) is 22.8 Å². The number of hydrogen-bond acceptors (Lipinski definition) is 2. The third kappa shape index (κ3) is 4.53. The molecule has 20 heavy (non-hydrogen) atoms. The number of rotatable bonds is 7. The van der Waals surface area contributed by atoms with E-state index in [9.17, 15) is 4.79 Å². The van der Waals surface area contributed by atoms with E-state index >= 15 is 0 Å². The van der Waals surface area contributed by atoms with Gasteiger partial charge in [0.25, 0.3) is 0 Å². The Labute approximate surface area is 120 Å². The molecule has 4 heteroatoms. The second-order valence-electron chi connectivity index (χ2n) is 5.54. The lowest BCUT2D eigenvalue weighted by atomic mass is 10.0. The molecule has 0 radical (unpaired) electrons. The van der Waals surface area contributed by atoms with Crippen LogP contribution in [-0.2, 0) is 6.42 Å². The number of urea groups is 1. The van der Waals surface area contributed by atoms with Crippen LogP contribution in [0.5, 0.6) is 0 Å². The number of benzene rings is 1. The Morgan fingerprint density at radius 2 is 2.00 bits per heavy atom. The van der Waals surface area contributed by atoms with Gasteiger partial charge in [0.2, 0.25) is 0 Å². The summed E-state index contributed by atoms with van der Waals surface area (Å²) in [5.41, 5.74) is 1.25. The van der Waals surface area contributed by atoms with E-state index in [1.54, 1.807) is 0 Å². The van der Waals surface area contributed by atoms with Crippen molar-refractivity contribution in [1.29, 1.82) is 0 Å². The predicted octanol–water partition coefficient (Wildman–Crippen LogP) is 2.08. The van der Waals surface area contributed by atoms with E-state index in [-0.39, 0.29) is 24.7 Å². The molecule has 2 amide bonds. The zero-order valence-electron chi connectivity index (χ0n) is 12.0. The van der Waals surface area contributed by atoms with Crippen LogP contribution in [0.2, 0.25) is 0 Å². The molecule has 1 aromatic rings. The van der Waals surface area contributed by atoms with Gasteiger partial charge >= 0.3 is 6.03 Å². The minimum absolute atomic E-state index is 0.0172. The molecule has 1 saturated carbocycles. The summed E-state index contributed by atoms with van der Waals surface area (Å²) in [6.07, 6.45) is 3.98. The van der Waals surface area contributed by atoms with Gasteiger partial charge in [-0.05, 0) is 37.2 Å². The average molecular weight is 276 g/mol. The average Bonchev–Trinajstić information content (AvgIpc) is 3.30. The number of carbonyl (C=O) groups is 1. The van der Waals surface area contributed by atoms with Crippen molar-refractivity contribution in [2.24, 2.45) is 5.92 Å². The van der Waals surface area contributed by atoms with Gasteiger partial charge in [0.05, 0.1) is 12.6 Å². The molecule has 0 bridgehead atoms. The predicted molar refractivity (Wildman–Crippen MR) is 79.5 cm³/mol. The van der Waals surface area contributed by atoms with Crippen molar-refractivity contribution in [3.8, 4) is 0 Å². The maximum absolute atomic E-state index is 12.0. The molecule has 1 fully saturated rings. The van der Waals surface area contributed by atoms with Crippen LogP contribution in [0.15, 0.2) is 30.3 Å². The van der Waals surface area contributed by atoms with Crippen LogP contribution < -0.4 is 10.6 Å². The van der Waals surface area contributed by atoms with Gasteiger partial charge in [0, 0.05) is 6.04 Å². The lowest BCUT2D eigenvalue weighted by molar-refractivity contribution is 0.210. The van der Waals surface area contributed by atoms with Gasteiger partial charge in [-0.3, -0.25) is 0 Å². The highest BCUT2D eigenvalue weighted by atomic mass is 16.3. The number of nitrogens with one attached hydrogen (secondary N) is 2. The van der Waals surface area contributed by atoms with Gasteiger partial charge in [0.1, 0.15) is 0 Å². The van der Waals surface area contributed by atoms with E-state index in [1.807, 2.05) is 25.1 Å². The van der Waals surface area contributed by atoms with Crippen LogP contribution in [0.25, 0.3) is 0 Å². The Kier molecular flexibility index (Phi) is 5.41. The monoisotopic (exact) mass is 276 g/mol. The smallest absolute Gasteiger partial charge is 0.315 e. The Morgan fingerprint density at radius 3 is 2.55 bits per heavy atom. The molecule has 2 unspecified atom stereocenters. The van der Waals surface area contributed by atoms with Gasteiger partial charge < -0.3 is 15.7 Å². The molecule has 0 aromatic heterocycles. The van der Waals surface area contributed by atoms with E-state index in [0.717, 1.165) is 12.8 Å². The molecule has 0 spiro atoms. The van der Waals surface area contributed by atoms with Crippen molar-refractivity contribution in [2.75, 3.05) is 6.61 Å². The second kappa shape index (κ2) is 7.29. The summed E-state index contributed by atoms with van der Waals surface area (Å²) in [5.74, 6) is 0.593. The lowest BCUT2D eigenvalue weighted by Crippen LogP contribution is -2.48. The molecule has 4 nitrogen and oxygen atoms in total. The van der Waals surface area contributed by atoms with E-state index in [0.29, 0.717) is 5.92 Å². The van der Waals surface area contributed by atoms with Crippen LogP contribution in [-0.4, -0.2) is 29.8 Å². The van der Waals surface area contributed by atoms with Gasteiger partial charge in [0.15, 0.2) is 0 Å². The third-order valence-corrected chi connectivity index (χ3v) is 3.85. The van der Waals surface area contributed by atoms with Crippen molar-refractivity contribution in [2.45, 2.75) is 44.7 Å². The first-order chi connectivity index (χ1) is 9.72. The highest BCUT2D eigenvalue weighted by molar-refractivity contribution is 5.74. The number of aliphatic hydroxyl groups excluding tert-OH is 1. The standard InChI is InChI=1S/C16H24N2O2/c1-2-14(11-19)17-16(20)18-15(13-8-9-13)10-12-6-4-3-5-7-12/h3-7,13-15,19H,2,8-11H2,1H3,(H2,17,18,20). The second-order valence-corrected chi connectivity index (χ2v) is 5.54. The highest BCUT2D eigenvalue weighted by Crippen LogP contribution is 2.34. The fourth-order valence-corrected chi connectivity index (χ4v) is 2.37. The fourth-order valence-electron chi connectivity index (χ4n) is 2.37. The van der Waals surface area contributed by atoms with Crippen LogP contribution in [0.3, 0.4) is 0 Å². The van der Waals surface area contributed by atoms with E-state index in [4.69, 9.17) is 5.11 Å². The quantitative estimate of drug-likeness (QED) is 0.714. The number of amides is 2. The van der Waals surface area contributed by atoms with Crippen molar-refractivity contribution in [3.63, 3.8) is 0 Å². The minimum Gasteiger partial charge on any atom is -0.394 e. The summed E-state index contributed by atoms with van der Waals surface area (Å²) in [7, 11) is 0. The molecule has 1 aliphatic carbocycles. The third-order valence-electron chi connectivity index (χ3n) is 3.85. The molecule has 2 rings (SSSR count). The molecule has 110 valence electrons. The summed E-state index contributed by atoms with van der Waals surface area (Å²) in [6.45, 7) is 1.93. The molecule has 0 saturated heterocycles. The topological polar surface area (TPSA) is 61.4 Å².